The second kappa shape index (κ2) is 8.06. The van der Waals surface area contributed by atoms with Crippen LogP contribution in [0.1, 0.15) is 29.7 Å². The minimum atomic E-state index is -0.306. The van der Waals surface area contributed by atoms with Gasteiger partial charge in [-0.05, 0) is 49.1 Å². The molecule has 1 fully saturated rings. The van der Waals surface area contributed by atoms with E-state index >= 15 is 0 Å². The van der Waals surface area contributed by atoms with Gasteiger partial charge in [0.25, 0.3) is 0 Å². The van der Waals surface area contributed by atoms with Gasteiger partial charge in [0.1, 0.15) is 5.82 Å². The summed E-state index contributed by atoms with van der Waals surface area (Å²) < 4.78 is 12.8. The lowest BCUT2D eigenvalue weighted by atomic mass is 10.1. The molecule has 6 heteroatoms. The average Bonchev–Trinajstić information content (AvgIpc) is 3.07. The predicted molar refractivity (Wildman–Crippen MR) is 96.2 cm³/mol. The van der Waals surface area contributed by atoms with Crippen molar-refractivity contribution in [3.05, 3.63) is 52.7 Å². The minimum Gasteiger partial charge on any atom is -0.363 e. The molecule has 0 bridgehead atoms. The molecule has 1 aromatic heterocycles. The van der Waals surface area contributed by atoms with Gasteiger partial charge in [-0.1, -0.05) is 12.1 Å². The number of carbonyl (C=O) groups excluding carboxylic acids is 1. The summed E-state index contributed by atoms with van der Waals surface area (Å²) in [6.45, 7) is 2.23. The quantitative estimate of drug-likeness (QED) is 0.665. The molecule has 0 saturated carbocycles. The number of rotatable bonds is 5. The highest BCUT2D eigenvalue weighted by atomic mass is 32.1. The van der Waals surface area contributed by atoms with Gasteiger partial charge in [-0.15, -0.1) is 11.3 Å². The number of amides is 1. The summed E-state index contributed by atoms with van der Waals surface area (Å²) in [7, 11) is 0. The molecule has 24 heavy (non-hydrogen) atoms. The minimum absolute atomic E-state index is 0.182. The third kappa shape index (κ3) is 4.64. The Morgan fingerprint density at radius 3 is 2.67 bits per heavy atom. The van der Waals surface area contributed by atoms with Crippen LogP contribution in [0.4, 0.5) is 9.39 Å². The lowest BCUT2D eigenvalue weighted by Gasteiger charge is -2.27. The molecular weight excluding hydrogens is 325 g/mol. The van der Waals surface area contributed by atoms with Crippen LogP contribution in [0.15, 0.2) is 41.5 Å². The molecule has 2 aromatic rings. The number of nitrogens with one attached hydrogen (secondary N) is 1. The van der Waals surface area contributed by atoms with Crippen LogP contribution in [0, 0.1) is 5.82 Å². The zero-order chi connectivity index (χ0) is 16.8. The molecule has 1 saturated heterocycles. The largest absolute Gasteiger partial charge is 0.363 e. The van der Waals surface area contributed by atoms with E-state index in [9.17, 15) is 9.18 Å². The molecule has 0 radical (unpaired) electrons. The van der Waals surface area contributed by atoms with E-state index in [0.29, 0.717) is 0 Å². The summed E-state index contributed by atoms with van der Waals surface area (Å²) in [6.07, 6.45) is 5.67. The molecule has 126 valence electrons. The van der Waals surface area contributed by atoms with E-state index in [0.717, 1.165) is 23.5 Å². The molecular formula is C18H20FN3OS. The maximum atomic E-state index is 12.8. The zero-order valence-electron chi connectivity index (χ0n) is 13.4. The van der Waals surface area contributed by atoms with Gasteiger partial charge in [0.05, 0.1) is 17.6 Å². The van der Waals surface area contributed by atoms with Gasteiger partial charge in [0.15, 0.2) is 0 Å². The summed E-state index contributed by atoms with van der Waals surface area (Å²) in [5, 5.41) is 5.27. The topological polar surface area (TPSA) is 44.7 Å². The fraction of sp³-hybridized carbons (Fsp3) is 0.333. The number of thiophene rings is 1. The molecule has 3 rings (SSSR count). The van der Waals surface area contributed by atoms with Crippen molar-refractivity contribution in [3.8, 4) is 0 Å². The van der Waals surface area contributed by atoms with E-state index in [2.05, 4.69) is 21.5 Å². The summed E-state index contributed by atoms with van der Waals surface area (Å²) in [5.41, 5.74) is 3.27. The number of benzene rings is 1. The summed E-state index contributed by atoms with van der Waals surface area (Å²) >= 11 is 1.68. The number of nitrogens with zero attached hydrogens (tertiary/aromatic N) is 2. The van der Waals surface area contributed by atoms with Gasteiger partial charge in [-0.2, -0.15) is 5.10 Å². The van der Waals surface area contributed by atoms with Gasteiger partial charge < -0.3 is 4.90 Å². The first-order valence-electron chi connectivity index (χ1n) is 8.12. The fourth-order valence-corrected chi connectivity index (χ4v) is 3.62. The summed E-state index contributed by atoms with van der Waals surface area (Å²) in [4.78, 5) is 15.2. The molecule has 4 nitrogen and oxygen atoms in total. The Labute approximate surface area is 145 Å². The third-order valence-electron chi connectivity index (χ3n) is 3.94. The van der Waals surface area contributed by atoms with Crippen molar-refractivity contribution in [1.29, 1.82) is 0 Å². The number of carbonyl (C=O) groups is 1. The van der Waals surface area contributed by atoms with Crippen molar-refractivity contribution in [2.24, 2.45) is 5.10 Å². The zero-order valence-corrected chi connectivity index (χ0v) is 14.2. The van der Waals surface area contributed by atoms with Crippen molar-refractivity contribution >= 4 is 28.5 Å². The fourth-order valence-electron chi connectivity index (χ4n) is 2.69. The first-order valence-corrected chi connectivity index (χ1v) is 8.93. The van der Waals surface area contributed by atoms with Gasteiger partial charge in [0, 0.05) is 18.0 Å². The second-order valence-electron chi connectivity index (χ2n) is 5.82. The lowest BCUT2D eigenvalue weighted by Crippen LogP contribution is -2.28. The standard InChI is InChI=1S/C18H20FN3OS/c19-15-6-4-14(5-7-15)12-17(23)21-20-13-16-8-9-18(24-16)22-10-2-1-3-11-22/h4-9,13H,1-3,10-12H2,(H,21,23)/b20-13-. The van der Waals surface area contributed by atoms with Crippen molar-refractivity contribution in [3.63, 3.8) is 0 Å². The molecule has 0 unspecified atom stereocenters. The molecule has 1 N–H and O–H groups in total. The van der Waals surface area contributed by atoms with Crippen molar-refractivity contribution in [2.75, 3.05) is 18.0 Å². The van der Waals surface area contributed by atoms with Crippen LogP contribution in [-0.2, 0) is 11.2 Å². The number of hydrazone groups is 1. The van der Waals surface area contributed by atoms with Crippen LogP contribution < -0.4 is 10.3 Å². The molecule has 0 aliphatic carbocycles. The maximum absolute atomic E-state index is 12.8. The number of halogens is 1. The predicted octanol–water partition coefficient (Wildman–Crippen LogP) is 3.57. The Morgan fingerprint density at radius 1 is 1.17 bits per heavy atom. The van der Waals surface area contributed by atoms with Crippen molar-refractivity contribution in [2.45, 2.75) is 25.7 Å². The summed E-state index contributed by atoms with van der Waals surface area (Å²) in [5.74, 6) is -0.523. The number of piperidine rings is 1. The number of hydrogen-bond donors (Lipinski definition) is 1. The van der Waals surface area contributed by atoms with Crippen LogP contribution in [0.25, 0.3) is 0 Å². The molecule has 1 aliphatic rings. The molecule has 0 atom stereocenters. The van der Waals surface area contributed by atoms with Crippen molar-refractivity contribution in [1.82, 2.24) is 5.43 Å². The van der Waals surface area contributed by atoms with E-state index in [-0.39, 0.29) is 18.1 Å². The monoisotopic (exact) mass is 345 g/mol. The Kier molecular flexibility index (Phi) is 5.59. The van der Waals surface area contributed by atoms with Crippen LogP contribution in [0.2, 0.25) is 0 Å². The van der Waals surface area contributed by atoms with E-state index in [4.69, 9.17) is 0 Å². The van der Waals surface area contributed by atoms with Gasteiger partial charge in [-0.3, -0.25) is 4.79 Å². The van der Waals surface area contributed by atoms with Crippen molar-refractivity contribution < 1.29 is 9.18 Å². The highest BCUT2D eigenvalue weighted by molar-refractivity contribution is 7.17. The average molecular weight is 345 g/mol. The number of anilines is 1. The second-order valence-corrected chi connectivity index (χ2v) is 6.91. The highest BCUT2D eigenvalue weighted by Crippen LogP contribution is 2.27. The highest BCUT2D eigenvalue weighted by Gasteiger charge is 2.12. The van der Waals surface area contributed by atoms with E-state index in [1.165, 1.54) is 36.4 Å². The SMILES string of the molecule is O=C(Cc1ccc(F)cc1)N/N=C\c1ccc(N2CCCCC2)s1. The van der Waals surface area contributed by atoms with Crippen LogP contribution in [-0.4, -0.2) is 25.2 Å². The maximum Gasteiger partial charge on any atom is 0.244 e. The molecule has 1 aliphatic heterocycles. The van der Waals surface area contributed by atoms with Gasteiger partial charge in [0.2, 0.25) is 5.91 Å². The Hall–Kier alpha value is -2.21. The number of hydrogen-bond acceptors (Lipinski definition) is 4. The third-order valence-corrected chi connectivity index (χ3v) is 5.02. The van der Waals surface area contributed by atoms with Crippen LogP contribution >= 0.6 is 11.3 Å². The smallest absolute Gasteiger partial charge is 0.244 e. The first-order chi connectivity index (χ1) is 11.7. The Morgan fingerprint density at radius 2 is 1.92 bits per heavy atom. The molecule has 1 amide bonds. The van der Waals surface area contributed by atoms with E-state index < -0.39 is 0 Å². The summed E-state index contributed by atoms with van der Waals surface area (Å²) in [6, 6.07) is 10.0. The van der Waals surface area contributed by atoms with Gasteiger partial charge in [-0.25, -0.2) is 9.82 Å². The molecule has 1 aromatic carbocycles. The van der Waals surface area contributed by atoms with E-state index in [1.54, 1.807) is 29.7 Å². The first kappa shape index (κ1) is 16.6. The van der Waals surface area contributed by atoms with Crippen LogP contribution in [0.5, 0.6) is 0 Å². The normalized spacial score (nSPS) is 15.0. The Balaban J connectivity index is 1.49. The molecule has 2 heterocycles. The van der Waals surface area contributed by atoms with Gasteiger partial charge >= 0.3 is 0 Å². The Bertz CT molecular complexity index is 705. The molecule has 0 spiro atoms. The van der Waals surface area contributed by atoms with E-state index in [1.807, 2.05) is 6.07 Å². The van der Waals surface area contributed by atoms with Crippen LogP contribution in [0.3, 0.4) is 0 Å². The lowest BCUT2D eigenvalue weighted by molar-refractivity contribution is -0.120.